The number of ketones is 1. The SMILES string of the molecule is CC(C)NC(=O)N1CCC[C@]1(I)C(=O)c1[nH]ccc1I. The molecule has 1 fully saturated rings. The molecule has 0 spiro atoms. The number of carbonyl (C=O) groups is 2. The van der Waals surface area contributed by atoms with Crippen LogP contribution in [0.5, 0.6) is 0 Å². The molecule has 20 heavy (non-hydrogen) atoms. The fourth-order valence-corrected chi connectivity index (χ4v) is 4.01. The summed E-state index contributed by atoms with van der Waals surface area (Å²) in [7, 11) is 0. The van der Waals surface area contributed by atoms with Crippen LogP contribution >= 0.6 is 45.2 Å². The summed E-state index contributed by atoms with van der Waals surface area (Å²) in [6, 6.07) is 1.76. The predicted molar refractivity (Wildman–Crippen MR) is 94.2 cm³/mol. The smallest absolute Gasteiger partial charge is 0.319 e. The first-order chi connectivity index (χ1) is 9.36. The topological polar surface area (TPSA) is 65.2 Å². The highest BCUT2D eigenvalue weighted by molar-refractivity contribution is 14.1. The van der Waals surface area contributed by atoms with Gasteiger partial charge in [0.2, 0.25) is 5.78 Å². The van der Waals surface area contributed by atoms with Gasteiger partial charge in [-0.15, -0.1) is 0 Å². The van der Waals surface area contributed by atoms with Crippen LogP contribution in [0.25, 0.3) is 0 Å². The van der Waals surface area contributed by atoms with E-state index in [2.05, 4.69) is 55.5 Å². The van der Waals surface area contributed by atoms with Gasteiger partial charge in [0.1, 0.15) is 0 Å². The van der Waals surface area contributed by atoms with Crippen molar-refractivity contribution < 1.29 is 9.59 Å². The Morgan fingerprint density at radius 3 is 2.75 bits per heavy atom. The van der Waals surface area contributed by atoms with Gasteiger partial charge in [-0.05, 0) is 77.9 Å². The first-order valence-electron chi connectivity index (χ1n) is 6.51. The van der Waals surface area contributed by atoms with E-state index in [4.69, 9.17) is 0 Å². The number of likely N-dealkylation sites (tertiary alicyclic amines) is 1. The summed E-state index contributed by atoms with van der Waals surface area (Å²) in [6.45, 7) is 4.45. The normalized spacial score (nSPS) is 22.4. The van der Waals surface area contributed by atoms with Gasteiger partial charge in [0.15, 0.2) is 3.55 Å². The number of Topliss-reactive ketones (excluding diaryl/α,β-unsaturated/α-hetero) is 1. The molecule has 2 amide bonds. The molecule has 2 N–H and O–H groups in total. The van der Waals surface area contributed by atoms with Crippen LogP contribution in [0.2, 0.25) is 0 Å². The third-order valence-electron chi connectivity index (χ3n) is 3.25. The Kier molecular flexibility index (Phi) is 4.98. The number of aromatic amines is 1. The zero-order valence-electron chi connectivity index (χ0n) is 11.4. The van der Waals surface area contributed by atoms with Gasteiger partial charge in [-0.2, -0.15) is 0 Å². The summed E-state index contributed by atoms with van der Waals surface area (Å²) in [5.41, 5.74) is 0.587. The van der Waals surface area contributed by atoms with E-state index >= 15 is 0 Å². The van der Waals surface area contributed by atoms with Gasteiger partial charge < -0.3 is 15.2 Å². The molecule has 1 saturated heterocycles. The first kappa shape index (κ1) is 16.1. The largest absolute Gasteiger partial charge is 0.358 e. The standard InChI is InChI=1S/C13H17I2N3O2/c1-8(2)17-12(20)18-7-3-5-13(18,15)11(19)10-9(14)4-6-16-10/h4,6,8,16H,3,5,7H2,1-2H3,(H,17,20)/t13-/m1/s1. The summed E-state index contributed by atoms with van der Waals surface area (Å²) < 4.78 is 0.0985. The molecular formula is C13H17I2N3O2. The number of aromatic nitrogens is 1. The Morgan fingerprint density at radius 2 is 2.20 bits per heavy atom. The van der Waals surface area contributed by atoms with E-state index in [1.165, 1.54) is 0 Å². The van der Waals surface area contributed by atoms with Crippen LogP contribution in [0.3, 0.4) is 0 Å². The lowest BCUT2D eigenvalue weighted by Gasteiger charge is -2.32. The minimum Gasteiger partial charge on any atom is -0.358 e. The van der Waals surface area contributed by atoms with Gasteiger partial charge >= 0.3 is 6.03 Å². The second kappa shape index (κ2) is 6.20. The van der Waals surface area contributed by atoms with Crippen LogP contribution in [0, 0.1) is 3.57 Å². The molecule has 7 heteroatoms. The van der Waals surface area contributed by atoms with Crippen molar-refractivity contribution in [1.29, 1.82) is 0 Å². The van der Waals surface area contributed by atoms with Gasteiger partial charge in [-0.25, -0.2) is 4.79 Å². The minimum atomic E-state index is -0.790. The monoisotopic (exact) mass is 501 g/mol. The second-order valence-corrected chi connectivity index (χ2v) is 8.10. The van der Waals surface area contributed by atoms with Crippen molar-refractivity contribution in [2.45, 2.75) is 36.3 Å². The molecule has 2 rings (SSSR count). The Morgan fingerprint density at radius 1 is 1.50 bits per heavy atom. The summed E-state index contributed by atoms with van der Waals surface area (Å²) in [5.74, 6) is -0.0242. The van der Waals surface area contributed by atoms with Crippen molar-refractivity contribution in [2.75, 3.05) is 6.54 Å². The van der Waals surface area contributed by atoms with Gasteiger partial charge in [0.05, 0.1) is 5.69 Å². The van der Waals surface area contributed by atoms with Crippen molar-refractivity contribution in [2.24, 2.45) is 0 Å². The molecule has 1 aliphatic heterocycles. The highest BCUT2D eigenvalue weighted by atomic mass is 127. The number of hydrogen-bond acceptors (Lipinski definition) is 2. The highest BCUT2D eigenvalue weighted by Crippen LogP contribution is 2.39. The highest BCUT2D eigenvalue weighted by Gasteiger charge is 2.48. The van der Waals surface area contributed by atoms with E-state index in [0.717, 1.165) is 9.99 Å². The summed E-state index contributed by atoms with van der Waals surface area (Å²) in [6.07, 6.45) is 3.28. The van der Waals surface area contributed by atoms with E-state index in [-0.39, 0.29) is 17.9 Å². The quantitative estimate of drug-likeness (QED) is 0.290. The number of amides is 2. The van der Waals surface area contributed by atoms with Crippen LogP contribution in [-0.2, 0) is 0 Å². The van der Waals surface area contributed by atoms with Crippen LogP contribution in [0.15, 0.2) is 12.3 Å². The zero-order chi connectivity index (χ0) is 14.9. The average Bonchev–Trinajstić information content (AvgIpc) is 2.94. The van der Waals surface area contributed by atoms with Gasteiger partial charge in [-0.1, -0.05) is 0 Å². The molecular weight excluding hydrogens is 484 g/mol. The van der Waals surface area contributed by atoms with Crippen LogP contribution in [0.1, 0.15) is 37.2 Å². The minimum absolute atomic E-state index is 0.0242. The van der Waals surface area contributed by atoms with Gasteiger partial charge in [-0.3, -0.25) is 4.79 Å². The molecule has 5 nitrogen and oxygen atoms in total. The lowest BCUT2D eigenvalue weighted by Crippen LogP contribution is -2.53. The summed E-state index contributed by atoms with van der Waals surface area (Å²) in [5, 5.41) is 2.87. The number of nitrogens with zero attached hydrogens (tertiary/aromatic N) is 1. The summed E-state index contributed by atoms with van der Waals surface area (Å²) >= 11 is 4.26. The average molecular weight is 501 g/mol. The van der Waals surface area contributed by atoms with E-state index in [0.29, 0.717) is 18.7 Å². The number of nitrogens with one attached hydrogen (secondary N) is 2. The number of hydrogen-bond donors (Lipinski definition) is 2. The van der Waals surface area contributed by atoms with Crippen LogP contribution in [0.4, 0.5) is 4.79 Å². The third kappa shape index (κ3) is 2.97. The number of rotatable bonds is 3. The molecule has 2 heterocycles. The molecule has 1 aromatic rings. The Hall–Kier alpha value is -0.320. The lowest BCUT2D eigenvalue weighted by atomic mass is 10.1. The first-order valence-corrected chi connectivity index (χ1v) is 8.66. The van der Waals surface area contributed by atoms with Crippen molar-refractivity contribution >= 4 is 57.0 Å². The maximum atomic E-state index is 12.8. The molecule has 0 aliphatic carbocycles. The Balaban J connectivity index is 2.26. The van der Waals surface area contributed by atoms with Crippen molar-refractivity contribution in [3.8, 4) is 0 Å². The molecule has 0 bridgehead atoms. The molecule has 110 valence electrons. The Labute approximate surface area is 145 Å². The third-order valence-corrected chi connectivity index (χ3v) is 5.76. The maximum Gasteiger partial charge on any atom is 0.319 e. The molecule has 0 aromatic carbocycles. The second-order valence-electron chi connectivity index (χ2n) is 5.15. The summed E-state index contributed by atoms with van der Waals surface area (Å²) in [4.78, 5) is 29.7. The van der Waals surface area contributed by atoms with E-state index < -0.39 is 3.55 Å². The van der Waals surface area contributed by atoms with Crippen molar-refractivity contribution in [3.05, 3.63) is 21.5 Å². The Bertz CT molecular complexity index is 529. The molecule has 0 saturated carbocycles. The van der Waals surface area contributed by atoms with E-state index in [9.17, 15) is 9.59 Å². The van der Waals surface area contributed by atoms with Crippen molar-refractivity contribution in [3.63, 3.8) is 0 Å². The van der Waals surface area contributed by atoms with Gasteiger partial charge in [0.25, 0.3) is 0 Å². The number of urea groups is 1. The molecule has 1 aliphatic rings. The number of carbonyl (C=O) groups excluding carboxylic acids is 2. The number of H-pyrrole nitrogens is 1. The lowest BCUT2D eigenvalue weighted by molar-refractivity contribution is 0.0864. The molecule has 1 aromatic heterocycles. The predicted octanol–water partition coefficient (Wildman–Crippen LogP) is 3.15. The van der Waals surface area contributed by atoms with Crippen molar-refractivity contribution in [1.82, 2.24) is 15.2 Å². The van der Waals surface area contributed by atoms with Gasteiger partial charge in [0, 0.05) is 22.4 Å². The van der Waals surface area contributed by atoms with E-state index in [1.807, 2.05) is 19.9 Å². The van der Waals surface area contributed by atoms with Crippen LogP contribution in [-0.4, -0.2) is 37.8 Å². The molecule has 0 unspecified atom stereocenters. The fraction of sp³-hybridized carbons (Fsp3) is 0.538. The molecule has 0 radical (unpaired) electrons. The molecule has 1 atom stereocenters. The maximum absolute atomic E-state index is 12.8. The number of halogens is 2. The zero-order valence-corrected chi connectivity index (χ0v) is 15.7. The van der Waals surface area contributed by atoms with Crippen LogP contribution < -0.4 is 5.32 Å². The fourth-order valence-electron chi connectivity index (χ4n) is 2.32. The van der Waals surface area contributed by atoms with E-state index in [1.54, 1.807) is 11.1 Å². The number of alkyl halides is 1.